The molecule has 4 rings (SSSR count). The van der Waals surface area contributed by atoms with Gasteiger partial charge in [-0.25, -0.2) is 4.98 Å². The number of aromatic hydroxyl groups is 1. The van der Waals surface area contributed by atoms with Crippen LogP contribution in [0, 0.1) is 0 Å². The van der Waals surface area contributed by atoms with Crippen molar-refractivity contribution in [2.75, 3.05) is 0 Å². The molecule has 0 fully saturated rings. The van der Waals surface area contributed by atoms with Gasteiger partial charge in [0.1, 0.15) is 11.4 Å². The quantitative estimate of drug-likeness (QED) is 0.586. The normalized spacial score (nSPS) is 10.9. The molecule has 106 valence electrons. The van der Waals surface area contributed by atoms with E-state index < -0.39 is 0 Å². The van der Waals surface area contributed by atoms with E-state index in [1.807, 2.05) is 36.7 Å². The molecular weight excluding hydrogens is 274 g/mol. The summed E-state index contributed by atoms with van der Waals surface area (Å²) in [5.41, 5.74) is 4.94. The van der Waals surface area contributed by atoms with Gasteiger partial charge in [-0.2, -0.15) is 0 Å². The Morgan fingerprint density at radius 3 is 2.59 bits per heavy atom. The standard InChI is InChI=1S/C18H13N3O/c22-15-3-1-2-13(8-15)14-9-16-17(11-21-18(16)20-10-14)12-4-6-19-7-5-12/h1-11,22H,(H,20,21). The van der Waals surface area contributed by atoms with Gasteiger partial charge in [0.2, 0.25) is 0 Å². The van der Waals surface area contributed by atoms with Crippen LogP contribution in [0.4, 0.5) is 0 Å². The van der Waals surface area contributed by atoms with Crippen molar-refractivity contribution >= 4 is 11.0 Å². The van der Waals surface area contributed by atoms with Gasteiger partial charge in [-0.05, 0) is 41.5 Å². The first-order valence-corrected chi connectivity index (χ1v) is 6.98. The number of benzene rings is 1. The van der Waals surface area contributed by atoms with Crippen molar-refractivity contribution in [2.45, 2.75) is 0 Å². The number of hydrogen-bond donors (Lipinski definition) is 2. The monoisotopic (exact) mass is 287 g/mol. The van der Waals surface area contributed by atoms with Crippen LogP contribution in [0.1, 0.15) is 0 Å². The van der Waals surface area contributed by atoms with Gasteiger partial charge in [-0.15, -0.1) is 0 Å². The number of phenolic OH excluding ortho intramolecular Hbond substituents is 1. The number of hydrogen-bond acceptors (Lipinski definition) is 3. The highest BCUT2D eigenvalue weighted by Gasteiger charge is 2.09. The fourth-order valence-electron chi connectivity index (χ4n) is 2.62. The molecule has 4 heteroatoms. The maximum Gasteiger partial charge on any atom is 0.137 e. The van der Waals surface area contributed by atoms with Gasteiger partial charge in [0.15, 0.2) is 0 Å². The summed E-state index contributed by atoms with van der Waals surface area (Å²) < 4.78 is 0. The fraction of sp³-hybridized carbons (Fsp3) is 0. The molecule has 3 heterocycles. The first-order valence-electron chi connectivity index (χ1n) is 6.98. The highest BCUT2D eigenvalue weighted by atomic mass is 16.3. The average Bonchev–Trinajstić information content (AvgIpc) is 2.99. The second kappa shape index (κ2) is 5.00. The van der Waals surface area contributed by atoms with E-state index in [9.17, 15) is 5.11 Å². The van der Waals surface area contributed by atoms with E-state index >= 15 is 0 Å². The minimum atomic E-state index is 0.251. The molecule has 0 bridgehead atoms. The number of H-pyrrole nitrogens is 1. The molecule has 3 aromatic heterocycles. The Balaban J connectivity index is 1.90. The van der Waals surface area contributed by atoms with Gasteiger partial charge in [-0.3, -0.25) is 4.98 Å². The summed E-state index contributed by atoms with van der Waals surface area (Å²) in [4.78, 5) is 11.7. The summed E-state index contributed by atoms with van der Waals surface area (Å²) in [6.45, 7) is 0. The van der Waals surface area contributed by atoms with Crippen LogP contribution in [0.3, 0.4) is 0 Å². The van der Waals surface area contributed by atoms with Crippen LogP contribution in [0.15, 0.2) is 67.3 Å². The van der Waals surface area contributed by atoms with Crippen molar-refractivity contribution in [2.24, 2.45) is 0 Å². The summed E-state index contributed by atoms with van der Waals surface area (Å²) in [6.07, 6.45) is 7.32. The molecule has 0 atom stereocenters. The molecule has 0 aliphatic carbocycles. The zero-order valence-corrected chi connectivity index (χ0v) is 11.7. The summed E-state index contributed by atoms with van der Waals surface area (Å²) in [6, 6.07) is 13.2. The van der Waals surface area contributed by atoms with Gasteiger partial charge >= 0.3 is 0 Å². The molecule has 22 heavy (non-hydrogen) atoms. The molecule has 0 radical (unpaired) electrons. The Morgan fingerprint density at radius 2 is 1.77 bits per heavy atom. The maximum atomic E-state index is 9.65. The Morgan fingerprint density at radius 1 is 0.909 bits per heavy atom. The third kappa shape index (κ3) is 2.11. The first-order chi connectivity index (χ1) is 10.8. The molecule has 0 saturated heterocycles. The lowest BCUT2D eigenvalue weighted by atomic mass is 10.0. The molecule has 0 spiro atoms. The van der Waals surface area contributed by atoms with E-state index in [2.05, 4.69) is 21.0 Å². The third-order valence-electron chi connectivity index (χ3n) is 3.70. The van der Waals surface area contributed by atoms with Gasteiger partial charge < -0.3 is 10.1 Å². The average molecular weight is 287 g/mol. The Hall–Kier alpha value is -3.14. The van der Waals surface area contributed by atoms with E-state index in [1.165, 1.54) is 0 Å². The fourth-order valence-corrected chi connectivity index (χ4v) is 2.62. The van der Waals surface area contributed by atoms with E-state index in [4.69, 9.17) is 0 Å². The Labute approximate surface area is 127 Å². The molecule has 1 aromatic carbocycles. The molecule has 0 unspecified atom stereocenters. The van der Waals surface area contributed by atoms with E-state index in [1.54, 1.807) is 24.5 Å². The lowest BCUT2D eigenvalue weighted by molar-refractivity contribution is 0.475. The van der Waals surface area contributed by atoms with Crippen molar-refractivity contribution in [3.8, 4) is 28.0 Å². The number of nitrogens with zero attached hydrogens (tertiary/aromatic N) is 2. The van der Waals surface area contributed by atoms with E-state index in [-0.39, 0.29) is 5.75 Å². The number of aromatic nitrogens is 3. The molecule has 0 aliphatic heterocycles. The van der Waals surface area contributed by atoms with Crippen LogP contribution in [0.2, 0.25) is 0 Å². The maximum absolute atomic E-state index is 9.65. The highest BCUT2D eigenvalue weighted by Crippen LogP contribution is 2.31. The third-order valence-corrected chi connectivity index (χ3v) is 3.70. The summed E-state index contributed by atoms with van der Waals surface area (Å²) in [7, 11) is 0. The van der Waals surface area contributed by atoms with E-state index in [0.29, 0.717) is 0 Å². The SMILES string of the molecule is Oc1cccc(-c2cnc3[nH]cc(-c4ccncc4)c3c2)c1. The summed E-state index contributed by atoms with van der Waals surface area (Å²) in [5, 5.41) is 10.7. The largest absolute Gasteiger partial charge is 0.508 e. The van der Waals surface area contributed by atoms with Gasteiger partial charge in [0.25, 0.3) is 0 Å². The molecular formula is C18H13N3O. The lowest BCUT2D eigenvalue weighted by Gasteiger charge is -2.04. The predicted octanol–water partition coefficient (Wildman–Crippen LogP) is 4.00. The van der Waals surface area contributed by atoms with Crippen LogP contribution >= 0.6 is 0 Å². The van der Waals surface area contributed by atoms with Crippen LogP contribution in [-0.2, 0) is 0 Å². The molecule has 2 N–H and O–H groups in total. The molecule has 0 saturated carbocycles. The smallest absolute Gasteiger partial charge is 0.137 e. The van der Waals surface area contributed by atoms with Crippen LogP contribution < -0.4 is 0 Å². The van der Waals surface area contributed by atoms with Gasteiger partial charge in [0, 0.05) is 41.3 Å². The van der Waals surface area contributed by atoms with Crippen molar-refractivity contribution in [3.05, 3.63) is 67.3 Å². The zero-order valence-electron chi connectivity index (χ0n) is 11.7. The second-order valence-corrected chi connectivity index (χ2v) is 5.11. The van der Waals surface area contributed by atoms with Crippen LogP contribution in [0.5, 0.6) is 5.75 Å². The molecule has 4 aromatic rings. The number of pyridine rings is 2. The molecule has 4 nitrogen and oxygen atoms in total. The second-order valence-electron chi connectivity index (χ2n) is 5.11. The lowest BCUT2D eigenvalue weighted by Crippen LogP contribution is -1.83. The number of rotatable bonds is 2. The van der Waals surface area contributed by atoms with Gasteiger partial charge in [0.05, 0.1) is 0 Å². The minimum absolute atomic E-state index is 0.251. The predicted molar refractivity (Wildman–Crippen MR) is 86.4 cm³/mol. The number of aromatic amines is 1. The first kappa shape index (κ1) is 12.6. The Kier molecular flexibility index (Phi) is 2.86. The van der Waals surface area contributed by atoms with Crippen molar-refractivity contribution in [3.63, 3.8) is 0 Å². The van der Waals surface area contributed by atoms with Crippen molar-refractivity contribution in [1.29, 1.82) is 0 Å². The van der Waals surface area contributed by atoms with E-state index in [0.717, 1.165) is 33.3 Å². The number of phenols is 1. The Bertz CT molecular complexity index is 945. The summed E-state index contributed by atoms with van der Waals surface area (Å²) in [5.74, 6) is 0.251. The van der Waals surface area contributed by atoms with Crippen molar-refractivity contribution < 1.29 is 5.11 Å². The molecule has 0 amide bonds. The minimum Gasteiger partial charge on any atom is -0.508 e. The van der Waals surface area contributed by atoms with Crippen molar-refractivity contribution in [1.82, 2.24) is 15.0 Å². The summed E-state index contributed by atoms with van der Waals surface area (Å²) >= 11 is 0. The highest BCUT2D eigenvalue weighted by molar-refractivity contribution is 5.95. The van der Waals surface area contributed by atoms with Crippen LogP contribution in [-0.4, -0.2) is 20.1 Å². The zero-order chi connectivity index (χ0) is 14.9. The topological polar surface area (TPSA) is 61.8 Å². The van der Waals surface area contributed by atoms with Gasteiger partial charge in [-0.1, -0.05) is 12.1 Å². The number of nitrogens with one attached hydrogen (secondary N) is 1. The number of fused-ring (bicyclic) bond motifs is 1. The van der Waals surface area contributed by atoms with Crippen LogP contribution in [0.25, 0.3) is 33.3 Å². The molecule has 0 aliphatic rings.